The van der Waals surface area contributed by atoms with Gasteiger partial charge in [0, 0.05) is 30.8 Å². The Labute approximate surface area is 356 Å². The molecule has 4 aliphatic rings. The van der Waals surface area contributed by atoms with Crippen LogP contribution in [0.5, 0.6) is 5.75 Å². The zero-order chi connectivity index (χ0) is 43.1. The van der Waals surface area contributed by atoms with Gasteiger partial charge in [0.2, 0.25) is 11.8 Å². The first-order valence-electron chi connectivity index (χ1n) is 21.7. The van der Waals surface area contributed by atoms with E-state index in [4.69, 9.17) is 24.2 Å². The molecular weight excluding hydrogens is 775 g/mol. The van der Waals surface area contributed by atoms with Crippen LogP contribution in [0.25, 0.3) is 33.2 Å². The molecule has 2 saturated heterocycles. The summed E-state index contributed by atoms with van der Waals surface area (Å²) in [6.45, 7) is 11.5. The van der Waals surface area contributed by atoms with Crippen LogP contribution in [0.4, 0.5) is 15.3 Å². The van der Waals surface area contributed by atoms with Crippen LogP contribution < -0.4 is 15.4 Å². The summed E-state index contributed by atoms with van der Waals surface area (Å²) < 4.78 is 16.1. The summed E-state index contributed by atoms with van der Waals surface area (Å²) in [5, 5.41) is 7.68. The number of nitrogens with zero attached hydrogens (tertiary/aromatic N) is 4. The number of alkyl carbamates (subject to hydrolysis) is 2. The van der Waals surface area contributed by atoms with Crippen LogP contribution in [0.1, 0.15) is 89.7 Å². The number of methoxy groups -OCH3 is 2. The molecule has 0 unspecified atom stereocenters. The van der Waals surface area contributed by atoms with Crippen molar-refractivity contribution < 1.29 is 33.4 Å². The van der Waals surface area contributed by atoms with Gasteiger partial charge >= 0.3 is 12.2 Å². The number of ether oxygens (including phenoxy) is 3. The lowest BCUT2D eigenvalue weighted by molar-refractivity contribution is -0.135. The molecule has 0 radical (unpaired) electrons. The average Bonchev–Trinajstić information content (AvgIpc) is 4.09. The molecule has 4 aliphatic heterocycles. The molecule has 14 heteroatoms. The number of fused-ring (bicyclic) bond motifs is 6. The molecule has 3 aromatic carbocycles. The van der Waals surface area contributed by atoms with Crippen molar-refractivity contribution in [3.8, 4) is 28.1 Å². The highest BCUT2D eigenvalue weighted by Gasteiger charge is 2.43. The summed E-state index contributed by atoms with van der Waals surface area (Å²) >= 11 is 0. The molecule has 14 nitrogen and oxygen atoms in total. The lowest BCUT2D eigenvalue weighted by Gasteiger charge is -2.31. The maximum atomic E-state index is 14.1. The van der Waals surface area contributed by atoms with Gasteiger partial charge in [-0.05, 0) is 101 Å². The van der Waals surface area contributed by atoms with E-state index in [1.807, 2.05) is 43.7 Å². The van der Waals surface area contributed by atoms with Crippen LogP contribution in [-0.4, -0.2) is 94.9 Å². The van der Waals surface area contributed by atoms with E-state index in [0.29, 0.717) is 32.0 Å². The number of aromatic nitrogens is 2. The van der Waals surface area contributed by atoms with E-state index < -0.39 is 24.3 Å². The van der Waals surface area contributed by atoms with Gasteiger partial charge in [-0.3, -0.25) is 14.6 Å². The third kappa shape index (κ3) is 8.04. The molecule has 61 heavy (non-hydrogen) atoms. The van der Waals surface area contributed by atoms with E-state index in [-0.39, 0.29) is 35.7 Å². The van der Waals surface area contributed by atoms with Gasteiger partial charge in [0.15, 0.2) is 0 Å². The van der Waals surface area contributed by atoms with Gasteiger partial charge in [-0.25, -0.2) is 14.6 Å². The van der Waals surface area contributed by atoms with Crippen molar-refractivity contribution in [3.63, 3.8) is 0 Å². The van der Waals surface area contributed by atoms with Crippen molar-refractivity contribution >= 4 is 46.2 Å². The van der Waals surface area contributed by atoms with E-state index >= 15 is 0 Å². The molecule has 5 heterocycles. The predicted octanol–water partition coefficient (Wildman–Crippen LogP) is 7.86. The van der Waals surface area contributed by atoms with Crippen LogP contribution in [0.2, 0.25) is 0 Å². The topological polar surface area (TPSA) is 168 Å². The number of carbonyl (C=O) groups excluding carboxylic acids is 4. The van der Waals surface area contributed by atoms with Gasteiger partial charge in [-0.15, -0.1) is 0 Å². The van der Waals surface area contributed by atoms with Crippen LogP contribution in [0.15, 0.2) is 53.7 Å². The smallest absolute Gasteiger partial charge is 0.407 e. The monoisotopic (exact) mass is 831 g/mol. The van der Waals surface area contributed by atoms with Crippen molar-refractivity contribution in [2.45, 2.75) is 104 Å². The Kier molecular flexibility index (Phi) is 11.8. The largest absolute Gasteiger partial charge is 0.488 e. The van der Waals surface area contributed by atoms with Crippen molar-refractivity contribution in [2.75, 3.05) is 27.3 Å². The standard InChI is InChI=1S/C47H57N7O7/c1-8-10-27-17-39(54(23-27)45(56)42(26(4)5)52-47(58)60-7)36-20-33-32-21-40-34(19-28(32)13-15-35(33)49-36)31-14-12-29(18-30(31)24-61-40)37-22-48-43(50-37)38-11-9-16-53(38)44(55)41(25(2)3)51-46(57)59-6/h12-15,18-19,21-22,25-27,38-39,41-42H,8-11,16-17,20,23-24H2,1-7H3,(H,48,50)(H,51,57)(H,52,58)/t27-,38-,39-,41-,42-/m0/s1. The summed E-state index contributed by atoms with van der Waals surface area (Å²) in [4.78, 5) is 69.2. The van der Waals surface area contributed by atoms with Crippen molar-refractivity contribution in [1.29, 1.82) is 0 Å². The highest BCUT2D eigenvalue weighted by molar-refractivity contribution is 6.06. The number of amides is 4. The molecule has 0 spiro atoms. The second kappa shape index (κ2) is 17.2. The zero-order valence-electron chi connectivity index (χ0n) is 36.2. The molecule has 4 aromatic rings. The van der Waals surface area contributed by atoms with Gasteiger partial charge < -0.3 is 39.6 Å². The number of likely N-dealkylation sites (tertiary alicyclic amines) is 2. The number of benzene rings is 3. The fourth-order valence-electron chi connectivity index (χ4n) is 9.71. The molecular formula is C47H57N7O7. The lowest BCUT2D eigenvalue weighted by Crippen LogP contribution is -2.53. The second-order valence-electron chi connectivity index (χ2n) is 17.6. The Morgan fingerprint density at radius 3 is 2.31 bits per heavy atom. The number of hydrogen-bond acceptors (Lipinski definition) is 9. The van der Waals surface area contributed by atoms with Gasteiger partial charge in [0.05, 0.1) is 43.9 Å². The summed E-state index contributed by atoms with van der Waals surface area (Å²) in [5.74, 6) is 1.43. The van der Waals surface area contributed by atoms with Gasteiger partial charge in [-0.2, -0.15) is 0 Å². The fourth-order valence-corrected chi connectivity index (χ4v) is 9.71. The molecule has 322 valence electrons. The number of aliphatic imine (C=N–C) groups is 1. The molecule has 0 saturated carbocycles. The third-order valence-electron chi connectivity index (χ3n) is 12.9. The summed E-state index contributed by atoms with van der Waals surface area (Å²) in [6.07, 6.45) is 5.73. The number of imidazole rings is 1. The first-order valence-corrected chi connectivity index (χ1v) is 21.7. The number of nitrogens with one attached hydrogen (secondary N) is 3. The molecule has 5 atom stereocenters. The Hall–Kier alpha value is -5.92. The Bertz CT molecular complexity index is 2390. The Morgan fingerprint density at radius 2 is 1.62 bits per heavy atom. The summed E-state index contributed by atoms with van der Waals surface area (Å²) in [5.41, 5.74) is 8.06. The van der Waals surface area contributed by atoms with Gasteiger partial charge in [0.1, 0.15) is 30.3 Å². The van der Waals surface area contributed by atoms with Crippen molar-refractivity contribution in [1.82, 2.24) is 30.4 Å². The molecule has 1 aromatic heterocycles. The van der Waals surface area contributed by atoms with Gasteiger partial charge in [-0.1, -0.05) is 59.2 Å². The van der Waals surface area contributed by atoms with Crippen LogP contribution in [-0.2, 0) is 32.1 Å². The SMILES string of the molecule is CCC[C@H]1C[C@@H](C2=Nc3ccc4cc5c(cc4c3C2)OCc2cc(-c3cnc([C@@H]4CCCN4C(=O)[C@@H](NC(=O)OC)C(C)C)[nH]3)ccc2-5)N(C(=O)[C@@H](NC(=O)OC)C(C)C)C1. The molecule has 8 rings (SSSR count). The van der Waals surface area contributed by atoms with Crippen molar-refractivity contribution in [2.24, 2.45) is 22.7 Å². The molecule has 4 amide bonds. The molecule has 3 N–H and O–H groups in total. The first-order chi connectivity index (χ1) is 29.4. The maximum Gasteiger partial charge on any atom is 0.407 e. The Balaban J connectivity index is 1.01. The Morgan fingerprint density at radius 1 is 0.902 bits per heavy atom. The van der Waals surface area contributed by atoms with Crippen LogP contribution in [0.3, 0.4) is 0 Å². The minimum absolute atomic E-state index is 0.0941. The van der Waals surface area contributed by atoms with Crippen molar-refractivity contribution in [3.05, 3.63) is 65.6 Å². The van der Waals surface area contributed by atoms with Crippen LogP contribution in [0, 0.1) is 17.8 Å². The fraction of sp³-hybridized carbons (Fsp3) is 0.489. The quantitative estimate of drug-likeness (QED) is 0.137. The van der Waals surface area contributed by atoms with Crippen LogP contribution >= 0.6 is 0 Å². The molecule has 0 bridgehead atoms. The van der Waals surface area contributed by atoms with E-state index in [1.165, 1.54) is 14.2 Å². The number of H-pyrrole nitrogens is 1. The lowest BCUT2D eigenvalue weighted by atomic mass is 9.90. The number of carbonyl (C=O) groups is 4. The highest BCUT2D eigenvalue weighted by atomic mass is 16.5. The highest BCUT2D eigenvalue weighted by Crippen LogP contribution is 2.45. The maximum absolute atomic E-state index is 14.1. The zero-order valence-corrected chi connectivity index (χ0v) is 36.2. The van der Waals surface area contributed by atoms with E-state index in [0.717, 1.165) is 99.4 Å². The normalized spacial score (nSPS) is 20.1. The first kappa shape index (κ1) is 41.8. The minimum Gasteiger partial charge on any atom is -0.488 e. The second-order valence-corrected chi connectivity index (χ2v) is 17.6. The molecule has 2 fully saturated rings. The number of hydrogen-bond donors (Lipinski definition) is 3. The van der Waals surface area contributed by atoms with E-state index in [9.17, 15) is 19.2 Å². The average molecular weight is 832 g/mol. The third-order valence-corrected chi connectivity index (χ3v) is 12.9. The number of aromatic amines is 1. The summed E-state index contributed by atoms with van der Waals surface area (Å²) in [6, 6.07) is 13.2. The summed E-state index contributed by atoms with van der Waals surface area (Å²) in [7, 11) is 2.61. The minimum atomic E-state index is -0.699. The van der Waals surface area contributed by atoms with Gasteiger partial charge in [0.25, 0.3) is 0 Å². The van der Waals surface area contributed by atoms with E-state index in [2.05, 4.69) is 65.0 Å². The molecule has 0 aliphatic carbocycles. The van der Waals surface area contributed by atoms with E-state index in [1.54, 1.807) is 0 Å². The number of rotatable bonds is 11. The predicted molar refractivity (Wildman–Crippen MR) is 233 cm³/mol.